The van der Waals surface area contributed by atoms with Gasteiger partial charge in [-0.15, -0.1) is 0 Å². The first-order valence-corrected chi connectivity index (χ1v) is 7.03. The molecule has 0 radical (unpaired) electrons. The molecule has 0 aliphatic rings. The van der Waals surface area contributed by atoms with Crippen LogP contribution in [0.4, 0.5) is 0 Å². The molecule has 0 saturated heterocycles. The van der Waals surface area contributed by atoms with Gasteiger partial charge < -0.3 is 9.88 Å². The molecule has 5 heteroatoms. The largest absolute Gasteiger partial charge is 0.354 e. The van der Waals surface area contributed by atoms with Crippen LogP contribution in [0.1, 0.15) is 24.2 Å². The zero-order valence-electron chi connectivity index (χ0n) is 12.2. The maximum absolute atomic E-state index is 11.7. The van der Waals surface area contributed by atoms with Crippen molar-refractivity contribution in [2.45, 2.75) is 39.8 Å². The molecule has 2 rings (SSSR count). The lowest BCUT2D eigenvalue weighted by Crippen LogP contribution is -2.27. The van der Waals surface area contributed by atoms with E-state index in [0.29, 0.717) is 13.0 Å². The van der Waals surface area contributed by atoms with Crippen LogP contribution in [0.25, 0.3) is 0 Å². The van der Waals surface area contributed by atoms with E-state index < -0.39 is 0 Å². The van der Waals surface area contributed by atoms with Crippen molar-refractivity contribution in [2.24, 2.45) is 0 Å². The summed E-state index contributed by atoms with van der Waals surface area (Å²) in [6, 6.07) is 6.03. The van der Waals surface area contributed by atoms with Crippen LogP contribution >= 0.6 is 0 Å². The Labute approximate surface area is 119 Å². The number of carbonyl (C=O) groups is 1. The predicted octanol–water partition coefficient (Wildman–Crippen LogP) is 1.90. The average Bonchev–Trinajstić information content (AvgIpc) is 3.00. The second kappa shape index (κ2) is 6.93. The van der Waals surface area contributed by atoms with Crippen molar-refractivity contribution < 1.29 is 4.79 Å². The summed E-state index contributed by atoms with van der Waals surface area (Å²) < 4.78 is 4.01. The van der Waals surface area contributed by atoms with Gasteiger partial charge in [-0.3, -0.25) is 9.48 Å². The van der Waals surface area contributed by atoms with Gasteiger partial charge >= 0.3 is 0 Å². The topological polar surface area (TPSA) is 51.9 Å². The molecule has 0 spiro atoms. The van der Waals surface area contributed by atoms with Gasteiger partial charge in [-0.05, 0) is 38.5 Å². The molecule has 0 saturated carbocycles. The molecule has 0 atom stereocenters. The lowest BCUT2D eigenvalue weighted by molar-refractivity contribution is -0.121. The van der Waals surface area contributed by atoms with Gasteiger partial charge in [0.05, 0.1) is 12.2 Å². The van der Waals surface area contributed by atoms with Gasteiger partial charge in [-0.1, -0.05) is 0 Å². The van der Waals surface area contributed by atoms with E-state index in [1.165, 1.54) is 0 Å². The zero-order chi connectivity index (χ0) is 14.4. The second-order valence-electron chi connectivity index (χ2n) is 5.02. The van der Waals surface area contributed by atoms with Gasteiger partial charge in [0.1, 0.15) is 0 Å². The Morgan fingerprint density at radius 1 is 1.25 bits per heavy atom. The second-order valence-corrected chi connectivity index (χ2v) is 5.02. The maximum atomic E-state index is 11.7. The van der Waals surface area contributed by atoms with Crippen molar-refractivity contribution in [1.29, 1.82) is 0 Å². The fraction of sp³-hybridized carbons (Fsp3) is 0.467. The Kier molecular flexibility index (Phi) is 4.98. The van der Waals surface area contributed by atoms with Crippen LogP contribution in [0.15, 0.2) is 30.6 Å². The Hall–Kier alpha value is -2.04. The smallest absolute Gasteiger partial charge is 0.220 e. The Morgan fingerprint density at radius 3 is 2.65 bits per heavy atom. The Bertz CT molecular complexity index is 542. The van der Waals surface area contributed by atoms with Gasteiger partial charge in [0, 0.05) is 37.6 Å². The highest BCUT2D eigenvalue weighted by atomic mass is 16.1. The van der Waals surface area contributed by atoms with E-state index in [4.69, 9.17) is 0 Å². The van der Waals surface area contributed by atoms with E-state index in [-0.39, 0.29) is 5.91 Å². The van der Waals surface area contributed by atoms with Crippen LogP contribution in [0.2, 0.25) is 0 Å². The maximum Gasteiger partial charge on any atom is 0.220 e. The third-order valence-corrected chi connectivity index (χ3v) is 3.24. The molecule has 0 aliphatic heterocycles. The molecule has 0 aromatic carbocycles. The number of amides is 1. The van der Waals surface area contributed by atoms with Gasteiger partial charge in [0.25, 0.3) is 0 Å². The van der Waals surface area contributed by atoms with E-state index in [2.05, 4.69) is 15.0 Å². The molecule has 0 unspecified atom stereocenters. The molecule has 20 heavy (non-hydrogen) atoms. The summed E-state index contributed by atoms with van der Waals surface area (Å²) in [6.45, 7) is 6.24. The number of rotatable bonds is 7. The minimum atomic E-state index is 0.110. The average molecular weight is 274 g/mol. The van der Waals surface area contributed by atoms with Gasteiger partial charge in [-0.2, -0.15) is 5.10 Å². The highest BCUT2D eigenvalue weighted by Gasteiger charge is 2.03. The van der Waals surface area contributed by atoms with Crippen molar-refractivity contribution in [2.75, 3.05) is 6.54 Å². The highest BCUT2D eigenvalue weighted by molar-refractivity contribution is 5.75. The number of nitrogens with one attached hydrogen (secondary N) is 1. The van der Waals surface area contributed by atoms with Crippen LogP contribution in [-0.4, -0.2) is 26.8 Å². The van der Waals surface area contributed by atoms with Crippen LogP contribution < -0.4 is 5.32 Å². The summed E-state index contributed by atoms with van der Waals surface area (Å²) in [5.74, 6) is 0.110. The standard InChI is InChI=1S/C15H22N4O/c1-13-12-14(2)19(17-13)11-7-16-15(20)6-5-10-18-8-3-4-9-18/h3-4,8-9,12H,5-7,10-11H2,1-2H3,(H,16,20). The molecule has 108 valence electrons. The quantitative estimate of drug-likeness (QED) is 0.838. The highest BCUT2D eigenvalue weighted by Crippen LogP contribution is 2.01. The minimum Gasteiger partial charge on any atom is -0.354 e. The van der Waals surface area contributed by atoms with E-state index >= 15 is 0 Å². The van der Waals surface area contributed by atoms with E-state index in [0.717, 1.165) is 30.9 Å². The van der Waals surface area contributed by atoms with Gasteiger partial charge in [0.2, 0.25) is 5.91 Å². The normalized spacial score (nSPS) is 10.7. The minimum absolute atomic E-state index is 0.110. The monoisotopic (exact) mass is 274 g/mol. The third kappa shape index (κ3) is 4.26. The number of aryl methyl sites for hydroxylation is 3. The summed E-state index contributed by atoms with van der Waals surface area (Å²) >= 11 is 0. The van der Waals surface area contributed by atoms with Crippen molar-refractivity contribution in [3.05, 3.63) is 42.0 Å². The first-order valence-electron chi connectivity index (χ1n) is 7.03. The fourth-order valence-electron chi connectivity index (χ4n) is 2.23. The molecule has 0 fully saturated rings. The zero-order valence-corrected chi connectivity index (χ0v) is 12.2. The van der Waals surface area contributed by atoms with Crippen molar-refractivity contribution in [3.8, 4) is 0 Å². The SMILES string of the molecule is Cc1cc(C)n(CCNC(=O)CCCn2cccc2)n1. The molecule has 2 aromatic heterocycles. The molecule has 1 N–H and O–H groups in total. The molecular weight excluding hydrogens is 252 g/mol. The number of hydrogen-bond donors (Lipinski definition) is 1. The Morgan fingerprint density at radius 2 is 2.00 bits per heavy atom. The molecule has 5 nitrogen and oxygen atoms in total. The number of nitrogens with zero attached hydrogens (tertiary/aromatic N) is 3. The third-order valence-electron chi connectivity index (χ3n) is 3.24. The first kappa shape index (κ1) is 14.4. The lowest BCUT2D eigenvalue weighted by Gasteiger charge is -2.07. The van der Waals surface area contributed by atoms with Crippen LogP contribution in [0.3, 0.4) is 0 Å². The van der Waals surface area contributed by atoms with Gasteiger partial charge in [0.15, 0.2) is 0 Å². The summed E-state index contributed by atoms with van der Waals surface area (Å²) in [5, 5.41) is 7.30. The van der Waals surface area contributed by atoms with Crippen molar-refractivity contribution in [1.82, 2.24) is 19.7 Å². The lowest BCUT2D eigenvalue weighted by atomic mass is 10.3. The molecule has 1 amide bonds. The molecular formula is C15H22N4O. The van der Waals surface area contributed by atoms with E-state index in [1.807, 2.05) is 49.1 Å². The fourth-order valence-corrected chi connectivity index (χ4v) is 2.23. The summed E-state index contributed by atoms with van der Waals surface area (Å²) in [7, 11) is 0. The predicted molar refractivity (Wildman–Crippen MR) is 78.4 cm³/mol. The molecule has 0 aliphatic carbocycles. The molecule has 2 heterocycles. The number of aromatic nitrogens is 3. The van der Waals surface area contributed by atoms with Crippen LogP contribution in [0.5, 0.6) is 0 Å². The Balaban J connectivity index is 1.61. The summed E-state index contributed by atoms with van der Waals surface area (Å²) in [6.07, 6.45) is 5.46. The molecule has 2 aromatic rings. The number of carbonyl (C=O) groups excluding carboxylic acids is 1. The van der Waals surface area contributed by atoms with Crippen molar-refractivity contribution in [3.63, 3.8) is 0 Å². The van der Waals surface area contributed by atoms with Gasteiger partial charge in [-0.25, -0.2) is 0 Å². The van der Waals surface area contributed by atoms with E-state index in [9.17, 15) is 4.79 Å². The molecule has 0 bridgehead atoms. The first-order chi connectivity index (χ1) is 9.65. The van der Waals surface area contributed by atoms with E-state index in [1.54, 1.807) is 0 Å². The van der Waals surface area contributed by atoms with Crippen molar-refractivity contribution >= 4 is 5.91 Å². The summed E-state index contributed by atoms with van der Waals surface area (Å²) in [5.41, 5.74) is 2.14. The van der Waals surface area contributed by atoms with Crippen LogP contribution in [-0.2, 0) is 17.9 Å². The van der Waals surface area contributed by atoms with Crippen LogP contribution in [0, 0.1) is 13.8 Å². The number of hydrogen-bond acceptors (Lipinski definition) is 2. The summed E-state index contributed by atoms with van der Waals surface area (Å²) in [4.78, 5) is 11.7.